The van der Waals surface area contributed by atoms with Crippen LogP contribution in [0.1, 0.15) is 16.0 Å². The van der Waals surface area contributed by atoms with Crippen molar-refractivity contribution in [1.82, 2.24) is 5.32 Å². The molecular formula is C23H14ClN3O3S2. The van der Waals surface area contributed by atoms with Crippen molar-refractivity contribution in [2.45, 2.75) is 6.61 Å². The van der Waals surface area contributed by atoms with E-state index in [0.717, 1.165) is 5.56 Å². The summed E-state index contributed by atoms with van der Waals surface area (Å²) in [4.78, 5) is 27.3. The van der Waals surface area contributed by atoms with Crippen LogP contribution in [0.3, 0.4) is 0 Å². The second-order valence-corrected chi connectivity index (χ2v) is 8.42. The van der Waals surface area contributed by atoms with Crippen molar-refractivity contribution in [3.8, 4) is 11.8 Å². The van der Waals surface area contributed by atoms with E-state index in [1.165, 1.54) is 22.3 Å². The standard InChI is InChI=1S/C23H14ClN3O3S2/c24-16-3-5-17(6-4-16)27-22(29)19(21(28)26-23(27)31)11-14-1-7-18(8-2-14)30-13-15-9-10-32-20(15)12-25/h1-11H,13H2,(H,26,28,31). The second kappa shape index (κ2) is 9.32. The van der Waals surface area contributed by atoms with E-state index in [4.69, 9.17) is 33.8 Å². The number of nitrogens with zero attached hydrogens (tertiary/aromatic N) is 2. The number of hydrogen-bond acceptors (Lipinski definition) is 6. The molecule has 6 nitrogen and oxygen atoms in total. The number of hydrogen-bond donors (Lipinski definition) is 1. The monoisotopic (exact) mass is 479 g/mol. The predicted molar refractivity (Wildman–Crippen MR) is 127 cm³/mol. The normalized spacial score (nSPS) is 14.9. The van der Waals surface area contributed by atoms with E-state index in [1.54, 1.807) is 48.5 Å². The van der Waals surface area contributed by atoms with E-state index in [2.05, 4.69) is 11.4 Å². The van der Waals surface area contributed by atoms with Gasteiger partial charge in [-0.2, -0.15) is 5.26 Å². The van der Waals surface area contributed by atoms with Gasteiger partial charge in [-0.25, -0.2) is 0 Å². The Morgan fingerprint density at radius 1 is 1.12 bits per heavy atom. The zero-order chi connectivity index (χ0) is 22.7. The van der Waals surface area contributed by atoms with Crippen molar-refractivity contribution in [3.63, 3.8) is 0 Å². The van der Waals surface area contributed by atoms with Gasteiger partial charge in [0, 0.05) is 10.6 Å². The first-order valence-electron chi connectivity index (χ1n) is 9.32. The maximum atomic E-state index is 13.0. The Kier molecular flexibility index (Phi) is 6.32. The van der Waals surface area contributed by atoms with Gasteiger partial charge < -0.3 is 4.74 Å². The Balaban J connectivity index is 1.52. The minimum absolute atomic E-state index is 0.00777. The number of anilines is 1. The van der Waals surface area contributed by atoms with Crippen LogP contribution < -0.4 is 15.0 Å². The lowest BCUT2D eigenvalue weighted by Gasteiger charge is -2.28. The second-order valence-electron chi connectivity index (χ2n) is 6.68. The van der Waals surface area contributed by atoms with Gasteiger partial charge in [0.1, 0.15) is 28.9 Å². The molecule has 2 amide bonds. The van der Waals surface area contributed by atoms with Crippen LogP contribution in [0.15, 0.2) is 65.6 Å². The van der Waals surface area contributed by atoms with Crippen molar-refractivity contribution >= 4 is 63.8 Å². The molecule has 1 aliphatic heterocycles. The largest absolute Gasteiger partial charge is 0.489 e. The van der Waals surface area contributed by atoms with Crippen LogP contribution in [0.5, 0.6) is 5.75 Å². The number of ether oxygens (including phenoxy) is 1. The minimum Gasteiger partial charge on any atom is -0.489 e. The van der Waals surface area contributed by atoms with Crippen molar-refractivity contribution in [2.75, 3.05) is 4.90 Å². The number of rotatable bonds is 5. The van der Waals surface area contributed by atoms with Gasteiger partial charge in [0.2, 0.25) is 0 Å². The van der Waals surface area contributed by atoms with Crippen molar-refractivity contribution in [3.05, 3.63) is 86.6 Å². The topological polar surface area (TPSA) is 82.4 Å². The molecule has 158 valence electrons. The molecule has 1 N–H and O–H groups in total. The Labute approximate surface area is 198 Å². The molecule has 32 heavy (non-hydrogen) atoms. The lowest BCUT2D eigenvalue weighted by molar-refractivity contribution is -0.122. The van der Waals surface area contributed by atoms with E-state index >= 15 is 0 Å². The first-order valence-corrected chi connectivity index (χ1v) is 11.0. The molecule has 0 saturated carbocycles. The molecule has 0 spiro atoms. The van der Waals surface area contributed by atoms with Crippen LogP contribution in [-0.2, 0) is 16.2 Å². The van der Waals surface area contributed by atoms with Crippen LogP contribution >= 0.6 is 35.2 Å². The number of amides is 2. The number of halogens is 1. The summed E-state index contributed by atoms with van der Waals surface area (Å²) in [6.07, 6.45) is 1.50. The van der Waals surface area contributed by atoms with Gasteiger partial charge in [0.15, 0.2) is 5.11 Å². The third-order valence-electron chi connectivity index (χ3n) is 4.62. The van der Waals surface area contributed by atoms with E-state index in [1.807, 2.05) is 11.4 Å². The third-order valence-corrected chi connectivity index (χ3v) is 6.02. The maximum Gasteiger partial charge on any atom is 0.270 e. The summed E-state index contributed by atoms with van der Waals surface area (Å²) in [6.45, 7) is 0.279. The summed E-state index contributed by atoms with van der Waals surface area (Å²) < 4.78 is 5.73. The predicted octanol–water partition coefficient (Wildman–Crippen LogP) is 4.68. The number of nitrogens with one attached hydrogen (secondary N) is 1. The molecule has 0 radical (unpaired) electrons. The molecule has 0 bridgehead atoms. The fourth-order valence-electron chi connectivity index (χ4n) is 3.02. The highest BCUT2D eigenvalue weighted by Gasteiger charge is 2.34. The van der Waals surface area contributed by atoms with E-state index in [-0.39, 0.29) is 17.3 Å². The molecule has 9 heteroatoms. The summed E-state index contributed by atoms with van der Waals surface area (Å²) in [5.74, 6) is -0.486. The molecule has 4 rings (SSSR count). The smallest absolute Gasteiger partial charge is 0.270 e. The van der Waals surface area contributed by atoms with Crippen molar-refractivity contribution in [2.24, 2.45) is 0 Å². The fourth-order valence-corrected chi connectivity index (χ4v) is 4.12. The van der Waals surface area contributed by atoms with Gasteiger partial charge in [-0.05, 0) is 71.7 Å². The summed E-state index contributed by atoms with van der Waals surface area (Å²) in [5, 5.41) is 14.0. The zero-order valence-corrected chi connectivity index (χ0v) is 18.8. The summed E-state index contributed by atoms with van der Waals surface area (Å²) in [7, 11) is 0. The van der Waals surface area contributed by atoms with Gasteiger partial charge in [-0.1, -0.05) is 23.7 Å². The molecular weight excluding hydrogens is 466 g/mol. The van der Waals surface area contributed by atoms with Gasteiger partial charge in [0.05, 0.1) is 5.69 Å². The quantitative estimate of drug-likeness (QED) is 0.326. The van der Waals surface area contributed by atoms with E-state index in [9.17, 15) is 9.59 Å². The fraction of sp³-hybridized carbons (Fsp3) is 0.0435. The number of carbonyl (C=O) groups is 2. The molecule has 3 aromatic rings. The SMILES string of the molecule is N#Cc1sccc1COc1ccc(C=C2C(=O)NC(=S)N(c3ccc(Cl)cc3)C2=O)cc1. The molecule has 0 atom stereocenters. The number of benzene rings is 2. The van der Waals surface area contributed by atoms with Crippen molar-refractivity contribution in [1.29, 1.82) is 5.26 Å². The molecule has 1 aliphatic rings. The highest BCUT2D eigenvalue weighted by molar-refractivity contribution is 7.80. The highest BCUT2D eigenvalue weighted by Crippen LogP contribution is 2.24. The number of thiophene rings is 1. The summed E-state index contributed by atoms with van der Waals surface area (Å²) in [5.41, 5.74) is 1.93. The molecule has 2 heterocycles. The molecule has 1 saturated heterocycles. The first-order chi connectivity index (χ1) is 15.5. The van der Waals surface area contributed by atoms with Gasteiger partial charge in [0.25, 0.3) is 11.8 Å². The minimum atomic E-state index is -0.563. The number of thiocarbonyl (C=S) groups is 1. The molecule has 1 aromatic heterocycles. The van der Waals surface area contributed by atoms with E-state index in [0.29, 0.717) is 26.9 Å². The van der Waals surface area contributed by atoms with Gasteiger partial charge >= 0.3 is 0 Å². The van der Waals surface area contributed by atoms with Crippen LogP contribution in [-0.4, -0.2) is 16.9 Å². The lowest BCUT2D eigenvalue weighted by Crippen LogP contribution is -2.54. The molecule has 2 aromatic carbocycles. The Bertz CT molecular complexity index is 1280. The number of carbonyl (C=O) groups excluding carboxylic acids is 2. The molecule has 0 unspecified atom stereocenters. The third kappa shape index (κ3) is 4.55. The van der Waals surface area contributed by atoms with Crippen LogP contribution in [0.4, 0.5) is 5.69 Å². The Morgan fingerprint density at radius 3 is 2.53 bits per heavy atom. The molecule has 0 aliphatic carbocycles. The molecule has 1 fully saturated rings. The summed E-state index contributed by atoms with van der Waals surface area (Å²) >= 11 is 12.5. The highest BCUT2D eigenvalue weighted by atomic mass is 35.5. The first kappa shape index (κ1) is 21.7. The van der Waals surface area contributed by atoms with E-state index < -0.39 is 11.8 Å². The van der Waals surface area contributed by atoms with Crippen molar-refractivity contribution < 1.29 is 14.3 Å². The van der Waals surface area contributed by atoms with Gasteiger partial charge in [-0.3, -0.25) is 19.8 Å². The van der Waals surface area contributed by atoms with Crippen LogP contribution in [0.25, 0.3) is 6.08 Å². The van der Waals surface area contributed by atoms with Crippen LogP contribution in [0, 0.1) is 11.3 Å². The van der Waals surface area contributed by atoms with Crippen LogP contribution in [0.2, 0.25) is 5.02 Å². The average Bonchev–Trinajstić information content (AvgIpc) is 3.25. The Hall–Kier alpha value is -3.51. The lowest BCUT2D eigenvalue weighted by atomic mass is 10.1. The zero-order valence-electron chi connectivity index (χ0n) is 16.4. The Morgan fingerprint density at radius 2 is 1.84 bits per heavy atom. The summed E-state index contributed by atoms with van der Waals surface area (Å²) in [6, 6.07) is 17.5. The average molecular weight is 480 g/mol. The number of nitriles is 1. The van der Waals surface area contributed by atoms with Gasteiger partial charge in [-0.15, -0.1) is 11.3 Å². The maximum absolute atomic E-state index is 13.0.